The maximum Gasteiger partial charge on any atom is 0.490 e. The zero-order valence-electron chi connectivity index (χ0n) is 21.5. The second-order valence-corrected chi connectivity index (χ2v) is 10.9. The molecular formula is C28H34F3N3O4S. The third-order valence-electron chi connectivity index (χ3n) is 6.92. The summed E-state index contributed by atoms with van der Waals surface area (Å²) in [5.41, 5.74) is 8.18. The number of nitrogens with two attached hydrogens (primary N) is 1. The van der Waals surface area contributed by atoms with Crippen molar-refractivity contribution in [2.24, 2.45) is 11.7 Å². The molecule has 212 valence electrons. The number of fused-ring (bicyclic) bond motifs is 1. The van der Waals surface area contributed by atoms with Crippen molar-refractivity contribution in [1.29, 1.82) is 0 Å². The van der Waals surface area contributed by atoms with Crippen LogP contribution in [0.3, 0.4) is 0 Å². The molecule has 0 spiro atoms. The van der Waals surface area contributed by atoms with E-state index in [2.05, 4.69) is 17.4 Å². The minimum Gasteiger partial charge on any atom is -0.475 e. The lowest BCUT2D eigenvalue weighted by atomic mass is 9.84. The molecular weight excluding hydrogens is 531 g/mol. The van der Waals surface area contributed by atoms with Crippen LogP contribution < -0.4 is 11.1 Å². The number of hydrogen-bond donors (Lipinski definition) is 3. The van der Waals surface area contributed by atoms with Gasteiger partial charge in [0.1, 0.15) is 0 Å². The van der Waals surface area contributed by atoms with Crippen LogP contribution in [-0.2, 0) is 33.9 Å². The van der Waals surface area contributed by atoms with Crippen LogP contribution in [0.5, 0.6) is 0 Å². The van der Waals surface area contributed by atoms with Gasteiger partial charge in [-0.2, -0.15) is 13.2 Å². The number of alkyl halides is 3. The summed E-state index contributed by atoms with van der Waals surface area (Å²) in [6.07, 6.45) is 6.35. The Kier molecular flexibility index (Phi) is 11.1. The number of hydrogen-bond acceptors (Lipinski definition) is 5. The van der Waals surface area contributed by atoms with Gasteiger partial charge in [0.05, 0.1) is 6.04 Å². The number of rotatable bonds is 9. The third-order valence-corrected chi connectivity index (χ3v) is 7.82. The van der Waals surface area contributed by atoms with Gasteiger partial charge in [0, 0.05) is 36.5 Å². The van der Waals surface area contributed by atoms with E-state index in [1.807, 2.05) is 40.6 Å². The maximum absolute atomic E-state index is 12.9. The molecule has 1 aromatic carbocycles. The van der Waals surface area contributed by atoms with Crippen molar-refractivity contribution in [3.05, 3.63) is 69.9 Å². The molecule has 1 aromatic heterocycles. The molecule has 1 aliphatic heterocycles. The lowest BCUT2D eigenvalue weighted by molar-refractivity contribution is -0.192. The van der Waals surface area contributed by atoms with Crippen LogP contribution in [0, 0.1) is 5.92 Å². The molecule has 4 N–H and O–H groups in total. The van der Waals surface area contributed by atoms with E-state index in [-0.39, 0.29) is 17.9 Å². The Morgan fingerprint density at radius 3 is 2.21 bits per heavy atom. The van der Waals surface area contributed by atoms with Crippen molar-refractivity contribution < 1.29 is 32.7 Å². The highest BCUT2D eigenvalue weighted by Gasteiger charge is 2.38. The van der Waals surface area contributed by atoms with E-state index in [4.69, 9.17) is 15.6 Å². The largest absolute Gasteiger partial charge is 0.490 e. The predicted octanol–water partition coefficient (Wildman–Crippen LogP) is 4.81. The highest BCUT2D eigenvalue weighted by atomic mass is 32.1. The Morgan fingerprint density at radius 1 is 1.08 bits per heavy atom. The minimum atomic E-state index is -5.08. The highest BCUT2D eigenvalue weighted by Crippen LogP contribution is 2.28. The third kappa shape index (κ3) is 9.81. The number of amides is 2. The van der Waals surface area contributed by atoms with Crippen molar-refractivity contribution in [3.8, 4) is 0 Å². The lowest BCUT2D eigenvalue weighted by Gasteiger charge is -2.28. The molecule has 1 fully saturated rings. The van der Waals surface area contributed by atoms with E-state index in [1.54, 1.807) is 17.4 Å². The SMILES string of the molecule is NC(=O)[C@H](Cc1cccs1)N[C@H](/C=C/C(=O)N1Cc2ccccc2C1)CC1CCCCC1.O=C(O)C(F)(F)F. The molecule has 4 rings (SSSR count). The molecule has 2 amide bonds. The number of carboxylic acid groups (broad SMARTS) is 1. The number of aliphatic carboxylic acids is 1. The fourth-order valence-electron chi connectivity index (χ4n) is 4.91. The Hall–Kier alpha value is -3.18. The first-order valence-corrected chi connectivity index (χ1v) is 13.8. The van der Waals surface area contributed by atoms with E-state index in [0.29, 0.717) is 25.4 Å². The quantitative estimate of drug-likeness (QED) is 0.378. The van der Waals surface area contributed by atoms with Gasteiger partial charge in [-0.25, -0.2) is 4.79 Å². The molecule has 2 heterocycles. The summed E-state index contributed by atoms with van der Waals surface area (Å²) in [4.78, 5) is 37.0. The zero-order valence-corrected chi connectivity index (χ0v) is 22.3. The normalized spacial score (nSPS) is 17.3. The Balaban J connectivity index is 0.000000532. The van der Waals surface area contributed by atoms with Gasteiger partial charge in [0.2, 0.25) is 11.8 Å². The van der Waals surface area contributed by atoms with Gasteiger partial charge in [0.15, 0.2) is 0 Å². The first kappa shape index (κ1) is 30.4. The number of carbonyl (C=O) groups excluding carboxylic acids is 2. The molecule has 0 unspecified atom stereocenters. The fourth-order valence-corrected chi connectivity index (χ4v) is 5.66. The number of carbonyl (C=O) groups is 3. The van der Waals surface area contributed by atoms with Crippen molar-refractivity contribution in [3.63, 3.8) is 0 Å². The second-order valence-electron chi connectivity index (χ2n) is 9.88. The van der Waals surface area contributed by atoms with Gasteiger partial charge in [0.25, 0.3) is 0 Å². The number of thiophene rings is 1. The summed E-state index contributed by atoms with van der Waals surface area (Å²) in [6.45, 7) is 1.31. The van der Waals surface area contributed by atoms with Gasteiger partial charge in [-0.3, -0.25) is 14.9 Å². The molecule has 11 heteroatoms. The number of nitrogens with one attached hydrogen (secondary N) is 1. The number of benzene rings is 1. The first-order valence-electron chi connectivity index (χ1n) is 12.9. The minimum absolute atomic E-state index is 0.0190. The van der Waals surface area contributed by atoms with E-state index < -0.39 is 18.2 Å². The average Bonchev–Trinajstić information content (AvgIpc) is 3.57. The summed E-state index contributed by atoms with van der Waals surface area (Å²) in [7, 11) is 0. The van der Waals surface area contributed by atoms with Crippen LogP contribution in [0.1, 0.15) is 54.5 Å². The Labute approximate surface area is 229 Å². The molecule has 1 aliphatic carbocycles. The van der Waals surface area contributed by atoms with Crippen LogP contribution >= 0.6 is 11.3 Å². The van der Waals surface area contributed by atoms with Gasteiger partial charge >= 0.3 is 12.1 Å². The van der Waals surface area contributed by atoms with Gasteiger partial charge in [-0.15, -0.1) is 11.3 Å². The molecule has 7 nitrogen and oxygen atoms in total. The number of nitrogens with zero attached hydrogens (tertiary/aromatic N) is 1. The molecule has 0 saturated heterocycles. The van der Waals surface area contributed by atoms with Crippen LogP contribution in [-0.4, -0.2) is 46.1 Å². The van der Waals surface area contributed by atoms with Gasteiger partial charge in [-0.05, 0) is 34.9 Å². The standard InChI is InChI=1S/C26H33N3O2S.C2HF3O2/c27-26(31)24(16-23-11-6-14-32-23)28-22(15-19-7-2-1-3-8-19)12-13-25(30)29-17-20-9-4-5-10-21(20)18-29;3-2(4,5)1(6)7/h4-6,9-14,19,22,24,28H,1-3,7-8,15-18H2,(H2,27,31);(H,6,7)/b13-12+;/t22-,24+;/m1./s1. The van der Waals surface area contributed by atoms with Crippen LogP contribution in [0.15, 0.2) is 53.9 Å². The summed E-state index contributed by atoms with van der Waals surface area (Å²) in [5.74, 6) is -2.47. The molecule has 1 saturated carbocycles. The van der Waals surface area contributed by atoms with Gasteiger partial charge < -0.3 is 15.7 Å². The molecule has 39 heavy (non-hydrogen) atoms. The summed E-state index contributed by atoms with van der Waals surface area (Å²) in [6, 6.07) is 11.7. The van der Waals surface area contributed by atoms with Crippen molar-refractivity contribution in [2.45, 2.75) is 76.3 Å². The summed E-state index contributed by atoms with van der Waals surface area (Å²) >= 11 is 1.63. The Morgan fingerprint density at radius 2 is 1.69 bits per heavy atom. The van der Waals surface area contributed by atoms with Crippen molar-refractivity contribution in [2.75, 3.05) is 0 Å². The van der Waals surface area contributed by atoms with Crippen LogP contribution in [0.4, 0.5) is 13.2 Å². The molecule has 2 aliphatic rings. The second kappa shape index (κ2) is 14.3. The van der Waals surface area contributed by atoms with Crippen molar-refractivity contribution >= 4 is 29.1 Å². The molecule has 0 radical (unpaired) electrons. The number of primary amides is 1. The zero-order chi connectivity index (χ0) is 28.4. The van der Waals surface area contributed by atoms with Crippen LogP contribution in [0.2, 0.25) is 0 Å². The first-order chi connectivity index (χ1) is 18.5. The van der Waals surface area contributed by atoms with E-state index >= 15 is 0 Å². The van der Waals surface area contributed by atoms with Crippen molar-refractivity contribution in [1.82, 2.24) is 10.2 Å². The summed E-state index contributed by atoms with van der Waals surface area (Å²) in [5, 5.41) is 12.6. The molecule has 0 bridgehead atoms. The predicted molar refractivity (Wildman–Crippen MR) is 143 cm³/mol. The fraction of sp³-hybridized carbons (Fsp3) is 0.464. The van der Waals surface area contributed by atoms with Gasteiger partial charge in [-0.1, -0.05) is 68.5 Å². The monoisotopic (exact) mass is 565 g/mol. The average molecular weight is 566 g/mol. The lowest BCUT2D eigenvalue weighted by Crippen LogP contribution is -2.47. The van der Waals surface area contributed by atoms with Crippen LogP contribution in [0.25, 0.3) is 0 Å². The summed E-state index contributed by atoms with van der Waals surface area (Å²) < 4.78 is 31.7. The smallest absolute Gasteiger partial charge is 0.475 e. The number of carboxylic acids is 1. The van der Waals surface area contributed by atoms with E-state index in [1.165, 1.54) is 43.2 Å². The molecule has 2 aromatic rings. The highest BCUT2D eigenvalue weighted by molar-refractivity contribution is 7.09. The van der Waals surface area contributed by atoms with E-state index in [0.717, 1.165) is 11.3 Å². The Bertz CT molecular complexity index is 1110. The molecule has 2 atom stereocenters. The topological polar surface area (TPSA) is 113 Å². The maximum atomic E-state index is 12.9. The number of halogens is 3. The van der Waals surface area contributed by atoms with E-state index in [9.17, 15) is 22.8 Å².